The van der Waals surface area contributed by atoms with Gasteiger partial charge in [-0.25, -0.2) is 14.4 Å². The number of aryl methyl sites for hydroxylation is 1. The third-order valence-electron chi connectivity index (χ3n) is 3.21. The van der Waals surface area contributed by atoms with E-state index >= 15 is 0 Å². The number of benzene rings is 1. The number of nitrogens with zero attached hydrogens (tertiary/aromatic N) is 3. The molecule has 3 aromatic rings. The molecule has 0 saturated heterocycles. The molecule has 0 aliphatic heterocycles. The summed E-state index contributed by atoms with van der Waals surface area (Å²) in [5.41, 5.74) is 0.840. The first-order valence-corrected chi connectivity index (χ1v) is 7.94. The van der Waals surface area contributed by atoms with Gasteiger partial charge in [0.15, 0.2) is 5.13 Å². The van der Waals surface area contributed by atoms with Crippen molar-refractivity contribution in [1.82, 2.24) is 14.5 Å². The smallest absolute Gasteiger partial charge is 0.254 e. The molecule has 0 unspecified atom stereocenters. The fraction of sp³-hybridized carbons (Fsp3) is 0.125. The Kier molecular flexibility index (Phi) is 4.48. The van der Waals surface area contributed by atoms with E-state index in [1.54, 1.807) is 18.2 Å². The zero-order chi connectivity index (χ0) is 17.1. The Hall–Kier alpha value is -2.87. The molecule has 0 spiro atoms. The summed E-state index contributed by atoms with van der Waals surface area (Å²) in [4.78, 5) is 32.3. The maximum atomic E-state index is 13.7. The van der Waals surface area contributed by atoms with Crippen LogP contribution in [0.3, 0.4) is 0 Å². The van der Waals surface area contributed by atoms with Gasteiger partial charge in [0, 0.05) is 17.0 Å². The Bertz CT molecular complexity index is 951. The molecule has 1 N–H and O–H groups in total. The zero-order valence-corrected chi connectivity index (χ0v) is 13.5. The predicted molar refractivity (Wildman–Crippen MR) is 89.4 cm³/mol. The number of hydrogen-bond acceptors (Lipinski definition) is 5. The highest BCUT2D eigenvalue weighted by atomic mass is 32.1. The molecule has 1 amide bonds. The lowest BCUT2D eigenvalue weighted by Gasteiger charge is -2.07. The molecule has 0 aliphatic carbocycles. The number of rotatable bonds is 4. The maximum Gasteiger partial charge on any atom is 0.254 e. The van der Waals surface area contributed by atoms with Crippen molar-refractivity contribution in [2.75, 3.05) is 5.32 Å². The number of carbonyl (C=O) groups excluding carboxylic acids is 1. The van der Waals surface area contributed by atoms with Gasteiger partial charge < -0.3 is 5.32 Å². The normalized spacial score (nSPS) is 10.6. The second-order valence-electron chi connectivity index (χ2n) is 5.06. The molecular weight excluding hydrogens is 331 g/mol. The molecule has 0 aliphatic rings. The van der Waals surface area contributed by atoms with Gasteiger partial charge in [-0.15, -0.1) is 11.3 Å². The van der Waals surface area contributed by atoms with Gasteiger partial charge in [-0.1, -0.05) is 12.1 Å². The third-order valence-corrected chi connectivity index (χ3v) is 4.08. The number of nitrogens with one attached hydrogen (secondary N) is 1. The predicted octanol–water partition coefficient (Wildman–Crippen LogP) is 2.45. The minimum atomic E-state index is -0.459. The number of halogens is 1. The van der Waals surface area contributed by atoms with Crippen molar-refractivity contribution >= 4 is 22.4 Å². The molecule has 0 radical (unpaired) electrons. The molecule has 6 nitrogen and oxygen atoms in total. The Morgan fingerprint density at radius 2 is 2.17 bits per heavy atom. The maximum absolute atomic E-state index is 13.7. The van der Waals surface area contributed by atoms with Crippen LogP contribution in [0.5, 0.6) is 0 Å². The van der Waals surface area contributed by atoms with Crippen LogP contribution in [0.4, 0.5) is 9.52 Å². The molecule has 2 aromatic heterocycles. The van der Waals surface area contributed by atoms with Crippen LogP contribution in [0.25, 0.3) is 11.3 Å². The van der Waals surface area contributed by atoms with E-state index in [2.05, 4.69) is 15.3 Å². The van der Waals surface area contributed by atoms with Crippen LogP contribution in [0, 0.1) is 12.7 Å². The molecule has 24 heavy (non-hydrogen) atoms. The lowest BCUT2D eigenvalue weighted by atomic mass is 10.1. The van der Waals surface area contributed by atoms with Gasteiger partial charge in [0.1, 0.15) is 12.4 Å². The lowest BCUT2D eigenvalue weighted by molar-refractivity contribution is -0.116. The van der Waals surface area contributed by atoms with Gasteiger partial charge in [0.05, 0.1) is 17.7 Å². The van der Waals surface area contributed by atoms with Crippen molar-refractivity contribution in [2.45, 2.75) is 13.5 Å². The van der Waals surface area contributed by atoms with Gasteiger partial charge in [0.2, 0.25) is 5.91 Å². The first-order chi connectivity index (χ1) is 11.5. The van der Waals surface area contributed by atoms with Crippen molar-refractivity contribution in [3.63, 3.8) is 0 Å². The van der Waals surface area contributed by atoms with E-state index < -0.39 is 11.4 Å². The number of thiazole rings is 1. The van der Waals surface area contributed by atoms with Crippen molar-refractivity contribution < 1.29 is 9.18 Å². The Morgan fingerprint density at radius 1 is 1.38 bits per heavy atom. The SMILES string of the molecule is Cc1csc(NC(=O)Cn2cnc(-c3ccccc3F)cc2=O)n1. The third kappa shape index (κ3) is 3.54. The molecule has 0 atom stereocenters. The van der Waals surface area contributed by atoms with E-state index in [1.165, 1.54) is 29.8 Å². The second-order valence-corrected chi connectivity index (χ2v) is 5.92. The summed E-state index contributed by atoms with van der Waals surface area (Å²) in [6.45, 7) is 1.63. The summed E-state index contributed by atoms with van der Waals surface area (Å²) in [6.07, 6.45) is 1.23. The van der Waals surface area contributed by atoms with Crippen LogP contribution in [0.1, 0.15) is 5.69 Å². The van der Waals surface area contributed by atoms with Crippen LogP contribution in [0.2, 0.25) is 0 Å². The van der Waals surface area contributed by atoms with Crippen LogP contribution in [-0.2, 0) is 11.3 Å². The molecule has 2 heterocycles. The minimum absolute atomic E-state index is 0.192. The van der Waals surface area contributed by atoms with E-state index in [4.69, 9.17) is 0 Å². The van der Waals surface area contributed by atoms with E-state index in [9.17, 15) is 14.0 Å². The van der Waals surface area contributed by atoms with Crippen LogP contribution in [0.15, 0.2) is 46.8 Å². The summed E-state index contributed by atoms with van der Waals surface area (Å²) in [5, 5.41) is 4.90. The van der Waals surface area contributed by atoms with Crippen molar-refractivity contribution in [1.29, 1.82) is 0 Å². The fourth-order valence-corrected chi connectivity index (χ4v) is 2.79. The monoisotopic (exact) mass is 344 g/mol. The van der Waals surface area contributed by atoms with Gasteiger partial charge in [-0.2, -0.15) is 0 Å². The van der Waals surface area contributed by atoms with Crippen LogP contribution in [-0.4, -0.2) is 20.4 Å². The van der Waals surface area contributed by atoms with Crippen molar-refractivity contribution in [3.8, 4) is 11.3 Å². The molecule has 3 rings (SSSR count). The number of amides is 1. The van der Waals surface area contributed by atoms with Gasteiger partial charge >= 0.3 is 0 Å². The Labute approximate surface area is 140 Å². The van der Waals surface area contributed by atoms with Crippen molar-refractivity contribution in [3.05, 3.63) is 63.9 Å². The molecule has 0 bridgehead atoms. The fourth-order valence-electron chi connectivity index (χ4n) is 2.09. The summed E-state index contributed by atoms with van der Waals surface area (Å²) in [7, 11) is 0. The topological polar surface area (TPSA) is 76.9 Å². The largest absolute Gasteiger partial charge is 0.300 e. The zero-order valence-electron chi connectivity index (χ0n) is 12.7. The molecule has 0 saturated carbocycles. The Morgan fingerprint density at radius 3 is 2.83 bits per heavy atom. The number of anilines is 1. The molecule has 1 aromatic carbocycles. The minimum Gasteiger partial charge on any atom is -0.300 e. The van der Waals surface area contributed by atoms with Gasteiger partial charge in [-0.05, 0) is 19.1 Å². The Balaban J connectivity index is 1.77. The van der Waals surface area contributed by atoms with Crippen molar-refractivity contribution in [2.24, 2.45) is 0 Å². The van der Waals surface area contributed by atoms with E-state index in [0.717, 1.165) is 10.3 Å². The average molecular weight is 344 g/mol. The second kappa shape index (κ2) is 6.71. The highest BCUT2D eigenvalue weighted by Crippen LogP contribution is 2.18. The molecule has 0 fully saturated rings. The summed E-state index contributed by atoms with van der Waals surface area (Å²) >= 11 is 1.31. The van der Waals surface area contributed by atoms with Crippen LogP contribution >= 0.6 is 11.3 Å². The molecule has 8 heteroatoms. The average Bonchev–Trinajstić information content (AvgIpc) is 2.95. The van der Waals surface area contributed by atoms with E-state index in [1.807, 2.05) is 12.3 Å². The number of carbonyl (C=O) groups is 1. The first kappa shape index (κ1) is 16.0. The highest BCUT2D eigenvalue weighted by molar-refractivity contribution is 7.13. The first-order valence-electron chi connectivity index (χ1n) is 7.06. The lowest BCUT2D eigenvalue weighted by Crippen LogP contribution is -2.27. The van der Waals surface area contributed by atoms with E-state index in [0.29, 0.717) is 5.13 Å². The standard InChI is InChI=1S/C16H13FN4O2S/c1-10-8-24-16(19-10)20-14(22)7-21-9-18-13(6-15(21)23)11-4-2-3-5-12(11)17/h2-6,8-9H,7H2,1H3,(H,19,20,22). The number of aromatic nitrogens is 3. The van der Waals surface area contributed by atoms with Crippen LogP contribution < -0.4 is 10.9 Å². The summed E-state index contributed by atoms with van der Waals surface area (Å²) in [5.74, 6) is -0.842. The highest BCUT2D eigenvalue weighted by Gasteiger charge is 2.10. The quantitative estimate of drug-likeness (QED) is 0.789. The van der Waals surface area contributed by atoms with E-state index in [-0.39, 0.29) is 23.7 Å². The summed E-state index contributed by atoms with van der Waals surface area (Å²) < 4.78 is 14.9. The molecule has 122 valence electrons. The van der Waals surface area contributed by atoms with Gasteiger partial charge in [-0.3, -0.25) is 14.2 Å². The van der Waals surface area contributed by atoms with Gasteiger partial charge in [0.25, 0.3) is 5.56 Å². The summed E-state index contributed by atoms with van der Waals surface area (Å²) in [6, 6.07) is 7.27. The number of hydrogen-bond donors (Lipinski definition) is 1. The molecular formula is C16H13FN4O2S.